The second-order valence-corrected chi connectivity index (χ2v) is 9.76. The average molecular weight is 553 g/mol. The summed E-state index contributed by atoms with van der Waals surface area (Å²) in [6.45, 7) is 10.1. The molecule has 206 valence electrons. The van der Waals surface area contributed by atoms with E-state index in [-0.39, 0.29) is 11.7 Å². The highest BCUT2D eigenvalue weighted by Gasteiger charge is 2.14. The number of amides is 1. The van der Waals surface area contributed by atoms with Crippen LogP contribution in [0, 0.1) is 0 Å². The van der Waals surface area contributed by atoms with Gasteiger partial charge in [0.25, 0.3) is 5.91 Å². The van der Waals surface area contributed by atoms with Crippen LogP contribution in [0.5, 0.6) is 0 Å². The van der Waals surface area contributed by atoms with Gasteiger partial charge in [0, 0.05) is 40.3 Å². The van der Waals surface area contributed by atoms with Crippen LogP contribution in [0.3, 0.4) is 0 Å². The molecule has 0 heterocycles. The predicted molar refractivity (Wildman–Crippen MR) is 172 cm³/mol. The van der Waals surface area contributed by atoms with Crippen molar-refractivity contribution in [3.63, 3.8) is 0 Å². The summed E-state index contributed by atoms with van der Waals surface area (Å²) in [4.78, 5) is 15.3. The smallest absolute Gasteiger partial charge is 0.255 e. The Bertz CT molecular complexity index is 1450. The number of aliphatic hydroxyl groups is 1. The maximum Gasteiger partial charge on any atom is 0.255 e. The molecule has 0 aliphatic rings. The van der Waals surface area contributed by atoms with Gasteiger partial charge in [0.15, 0.2) is 0 Å². The van der Waals surface area contributed by atoms with Gasteiger partial charge in [-0.15, -0.1) is 0 Å². The first-order valence-corrected chi connectivity index (χ1v) is 13.8. The van der Waals surface area contributed by atoms with Gasteiger partial charge in [-0.2, -0.15) is 0 Å². The van der Waals surface area contributed by atoms with E-state index in [9.17, 15) is 9.90 Å². The molecule has 4 nitrogen and oxygen atoms in total. The largest absolute Gasteiger partial charge is 0.508 e. The lowest BCUT2D eigenvalue weighted by atomic mass is 9.93. The van der Waals surface area contributed by atoms with Crippen LogP contribution in [0.25, 0.3) is 11.3 Å². The number of halogens is 1. The number of nitrogens with one attached hydrogen (secondary N) is 1. The number of benzene rings is 3. The molecule has 3 rings (SSSR count). The lowest BCUT2D eigenvalue weighted by molar-refractivity contribution is 0.102. The number of likely N-dealkylation sites (N-methyl/N-ethyl adjacent to an activating group) is 1. The van der Waals surface area contributed by atoms with E-state index in [0.717, 1.165) is 34.5 Å². The van der Waals surface area contributed by atoms with Gasteiger partial charge in [0.2, 0.25) is 0 Å². The summed E-state index contributed by atoms with van der Waals surface area (Å²) in [5, 5.41) is 14.4. The molecule has 0 saturated heterocycles. The highest BCUT2D eigenvalue weighted by molar-refractivity contribution is 6.30. The highest BCUT2D eigenvalue weighted by atomic mass is 35.5. The Balaban J connectivity index is 2.03. The van der Waals surface area contributed by atoms with Crippen molar-refractivity contribution in [1.29, 1.82) is 0 Å². The van der Waals surface area contributed by atoms with Gasteiger partial charge in [-0.25, -0.2) is 0 Å². The molecule has 5 heteroatoms. The number of para-hydroxylation sites is 1. The second-order valence-electron chi connectivity index (χ2n) is 9.32. The van der Waals surface area contributed by atoms with Gasteiger partial charge in [-0.05, 0) is 109 Å². The van der Waals surface area contributed by atoms with Crippen LogP contribution >= 0.6 is 11.6 Å². The number of hydrogen-bond acceptors (Lipinski definition) is 3. The monoisotopic (exact) mass is 552 g/mol. The summed E-state index contributed by atoms with van der Waals surface area (Å²) in [6, 6.07) is 22.5. The molecule has 0 aliphatic carbocycles. The number of hydrogen-bond donors (Lipinski definition) is 2. The van der Waals surface area contributed by atoms with Crippen LogP contribution in [-0.4, -0.2) is 18.1 Å². The van der Waals surface area contributed by atoms with Crippen molar-refractivity contribution in [3.05, 3.63) is 143 Å². The Morgan fingerprint density at radius 3 is 2.17 bits per heavy atom. The molecule has 2 N–H and O–H groups in total. The quantitative estimate of drug-likeness (QED) is 0.184. The molecule has 0 bridgehead atoms. The minimum atomic E-state index is -0.241. The van der Waals surface area contributed by atoms with Crippen LogP contribution in [0.1, 0.15) is 55.1 Å². The summed E-state index contributed by atoms with van der Waals surface area (Å²) < 4.78 is 0. The van der Waals surface area contributed by atoms with Crippen molar-refractivity contribution in [1.82, 2.24) is 0 Å². The molecule has 0 radical (unpaired) electrons. The molecule has 0 aromatic heterocycles. The van der Waals surface area contributed by atoms with E-state index < -0.39 is 0 Å². The first-order chi connectivity index (χ1) is 19.3. The van der Waals surface area contributed by atoms with Crippen molar-refractivity contribution in [3.8, 4) is 0 Å². The van der Waals surface area contributed by atoms with Crippen molar-refractivity contribution < 1.29 is 9.90 Å². The maximum atomic E-state index is 13.3. The number of allylic oxidation sites excluding steroid dienone is 7. The van der Waals surface area contributed by atoms with Gasteiger partial charge < -0.3 is 15.3 Å². The number of anilines is 2. The molecular formula is C35H37ClN2O2. The highest BCUT2D eigenvalue weighted by Crippen LogP contribution is 2.29. The van der Waals surface area contributed by atoms with Gasteiger partial charge in [0.05, 0.1) is 0 Å². The minimum absolute atomic E-state index is 0.147. The van der Waals surface area contributed by atoms with Crippen molar-refractivity contribution >= 4 is 40.2 Å². The zero-order valence-electron chi connectivity index (χ0n) is 23.6. The summed E-state index contributed by atoms with van der Waals surface area (Å²) in [6.07, 6.45) is 11.2. The molecule has 40 heavy (non-hydrogen) atoms. The van der Waals surface area contributed by atoms with Crippen LogP contribution in [-0.2, 0) is 0 Å². The standard InChI is InChI=1S/C35H37ClN2O2/c1-6-12-33(25(4)16-19-31(8-3)38(5)32-20-17-29(36)18-21-32)26-22-27(34(39)13-7-2)24-28(23-26)35(40)37-30-14-10-9-11-15-30/h8-24,39H,3,6-7H2,1-2,4-5H3,(H,37,40)/b25-16+,31-19+,33-12-,34-13?. The minimum Gasteiger partial charge on any atom is -0.508 e. The predicted octanol–water partition coefficient (Wildman–Crippen LogP) is 9.85. The molecule has 0 saturated carbocycles. The third-order valence-corrected chi connectivity index (χ3v) is 6.63. The lowest BCUT2D eigenvalue weighted by Gasteiger charge is -2.20. The first-order valence-electron chi connectivity index (χ1n) is 13.4. The molecule has 3 aromatic carbocycles. The molecule has 1 amide bonds. The summed E-state index contributed by atoms with van der Waals surface area (Å²) in [5.41, 5.74) is 6.52. The van der Waals surface area contributed by atoms with E-state index in [2.05, 4.69) is 24.9 Å². The molecule has 3 aromatic rings. The van der Waals surface area contributed by atoms with Crippen molar-refractivity contribution in [2.45, 2.75) is 33.6 Å². The van der Waals surface area contributed by atoms with Gasteiger partial charge >= 0.3 is 0 Å². The van der Waals surface area contributed by atoms with Crippen LogP contribution in [0.15, 0.2) is 121 Å². The zero-order chi connectivity index (χ0) is 29.1. The third-order valence-electron chi connectivity index (χ3n) is 6.38. The molecule has 0 atom stereocenters. The topological polar surface area (TPSA) is 52.6 Å². The van der Waals surface area contributed by atoms with Gasteiger partial charge in [-0.3, -0.25) is 4.79 Å². The average Bonchev–Trinajstić information content (AvgIpc) is 2.96. The normalized spacial score (nSPS) is 12.7. The molecule has 0 aliphatic heterocycles. The van der Waals surface area contributed by atoms with E-state index >= 15 is 0 Å². The zero-order valence-corrected chi connectivity index (χ0v) is 24.4. The van der Waals surface area contributed by atoms with E-state index in [1.165, 1.54) is 0 Å². The van der Waals surface area contributed by atoms with E-state index in [0.29, 0.717) is 28.3 Å². The third kappa shape index (κ3) is 8.11. The summed E-state index contributed by atoms with van der Waals surface area (Å²) in [5.74, 6) is -0.0940. The SMILES string of the molecule is C=C\C(=C/C=C(C)/C(=C/CC)c1cc(C(=O)Nc2ccccc2)cc(C(O)=CCC)c1)N(C)c1ccc(Cl)cc1. The second kappa shape index (κ2) is 14.8. The number of nitrogens with zero attached hydrogens (tertiary/aromatic N) is 1. The number of rotatable bonds is 11. The fourth-order valence-corrected chi connectivity index (χ4v) is 4.37. The van der Waals surface area contributed by atoms with Gasteiger partial charge in [0.1, 0.15) is 5.76 Å². The van der Waals surface area contributed by atoms with Crippen molar-refractivity contribution in [2.75, 3.05) is 17.3 Å². The Kier molecular flexibility index (Phi) is 11.2. The van der Waals surface area contributed by atoms with E-state index in [1.807, 2.05) is 111 Å². The fourth-order valence-electron chi connectivity index (χ4n) is 4.24. The summed E-state index contributed by atoms with van der Waals surface area (Å²) >= 11 is 6.06. The van der Waals surface area contributed by atoms with Crippen LogP contribution in [0.2, 0.25) is 5.02 Å². The van der Waals surface area contributed by atoms with Crippen molar-refractivity contribution in [2.24, 2.45) is 0 Å². The number of aliphatic hydroxyl groups excluding tert-OH is 1. The van der Waals surface area contributed by atoms with Gasteiger partial charge in [-0.1, -0.05) is 62.4 Å². The Morgan fingerprint density at radius 1 is 0.925 bits per heavy atom. The first kappa shape index (κ1) is 30.3. The Morgan fingerprint density at radius 2 is 1.55 bits per heavy atom. The van der Waals surface area contributed by atoms with Crippen LogP contribution < -0.4 is 10.2 Å². The number of carbonyl (C=O) groups is 1. The molecule has 0 spiro atoms. The van der Waals surface area contributed by atoms with E-state index in [1.54, 1.807) is 12.1 Å². The lowest BCUT2D eigenvalue weighted by Crippen LogP contribution is -2.14. The van der Waals surface area contributed by atoms with E-state index in [4.69, 9.17) is 11.6 Å². The maximum absolute atomic E-state index is 13.3. The Hall–Kier alpha value is -4.28. The number of carbonyl (C=O) groups excluding carboxylic acids is 1. The molecule has 0 unspecified atom stereocenters. The fraction of sp³-hybridized carbons (Fsp3) is 0.171. The Labute approximate surface area is 243 Å². The molecule has 0 fully saturated rings. The van der Waals surface area contributed by atoms with Crippen LogP contribution in [0.4, 0.5) is 11.4 Å². The molecular weight excluding hydrogens is 516 g/mol. The summed E-state index contributed by atoms with van der Waals surface area (Å²) in [7, 11) is 1.98.